The third-order valence-electron chi connectivity index (χ3n) is 6.44. The van der Waals surface area contributed by atoms with Crippen molar-refractivity contribution in [1.29, 1.82) is 0 Å². The lowest BCUT2D eigenvalue weighted by molar-refractivity contribution is -0.466. The minimum atomic E-state index is -1.91. The Labute approximate surface area is 216 Å². The first-order chi connectivity index (χ1) is 18.1. The fraction of sp³-hybridized carbons (Fsp3) is 1.00. The molecule has 15 atom stereocenters. The van der Waals surface area contributed by atoms with Crippen LogP contribution < -0.4 is 5.73 Å². The van der Waals surface area contributed by atoms with E-state index in [-0.39, 0.29) is 13.2 Å². The van der Waals surface area contributed by atoms with Crippen LogP contribution in [-0.2, 0) is 33.5 Å². The fourth-order valence-corrected chi connectivity index (χ4v) is 4.25. The third-order valence-corrected chi connectivity index (χ3v) is 6.44. The third kappa shape index (κ3) is 6.77. The maximum absolute atomic E-state index is 10.6. The van der Waals surface area contributed by atoms with E-state index in [0.29, 0.717) is 0 Å². The van der Waals surface area contributed by atoms with Crippen LogP contribution in [0.4, 0.5) is 0 Å². The van der Waals surface area contributed by atoms with Crippen molar-refractivity contribution in [3.63, 3.8) is 0 Å². The summed E-state index contributed by atoms with van der Waals surface area (Å²) in [6.45, 7) is -2.18. The van der Waals surface area contributed by atoms with Crippen molar-refractivity contribution in [1.82, 2.24) is 0 Å². The monoisotopic (exact) mass is 563 g/mol. The lowest BCUT2D eigenvalue weighted by Gasteiger charge is -2.46. The summed E-state index contributed by atoms with van der Waals surface area (Å²) in [4.78, 5) is 9.96. The number of rotatable bonds is 11. The first-order valence-corrected chi connectivity index (χ1v) is 11.9. The molecule has 18 heteroatoms. The van der Waals surface area contributed by atoms with Gasteiger partial charge >= 0.3 is 0 Å². The number of nitrogens with two attached hydrogens (primary N) is 1. The lowest BCUT2D eigenvalue weighted by Crippen LogP contribution is -2.65. The molecule has 3 heterocycles. The number of hydrogen-bond acceptors (Lipinski definition) is 18. The van der Waals surface area contributed by atoms with Gasteiger partial charge in [-0.25, -0.2) is 9.78 Å². The highest BCUT2D eigenvalue weighted by Gasteiger charge is 2.52. The Balaban J connectivity index is 1.64. The smallest absolute Gasteiger partial charge is 0.220 e. The van der Waals surface area contributed by atoms with Gasteiger partial charge < -0.3 is 80.5 Å². The number of aliphatic hydroxyl groups is 10. The van der Waals surface area contributed by atoms with Crippen LogP contribution in [0.15, 0.2) is 0 Å². The lowest BCUT2D eigenvalue weighted by atomic mass is 9.97. The Kier molecular flexibility index (Phi) is 11.9. The van der Waals surface area contributed by atoms with Crippen LogP contribution in [0.2, 0.25) is 0 Å². The van der Waals surface area contributed by atoms with Crippen molar-refractivity contribution in [3.05, 3.63) is 0 Å². The first-order valence-electron chi connectivity index (χ1n) is 11.9. The summed E-state index contributed by atoms with van der Waals surface area (Å²) in [6.07, 6.45) is -24.4. The van der Waals surface area contributed by atoms with Gasteiger partial charge in [0.1, 0.15) is 73.2 Å². The summed E-state index contributed by atoms with van der Waals surface area (Å²) in [5, 5.41) is 101. The van der Waals surface area contributed by atoms with E-state index < -0.39 is 112 Å². The van der Waals surface area contributed by atoms with Crippen LogP contribution in [0.25, 0.3) is 0 Å². The van der Waals surface area contributed by atoms with Crippen molar-refractivity contribution >= 4 is 0 Å². The molecule has 0 aromatic heterocycles. The van der Waals surface area contributed by atoms with Gasteiger partial charge in [-0.15, -0.1) is 0 Å². The molecule has 3 aliphatic heterocycles. The molecule has 3 rings (SSSR count). The minimum Gasteiger partial charge on any atom is -0.394 e. The molecule has 224 valence electrons. The first kappa shape index (κ1) is 31.8. The van der Waals surface area contributed by atoms with E-state index in [2.05, 4.69) is 0 Å². The van der Waals surface area contributed by atoms with Crippen LogP contribution >= 0.6 is 0 Å². The quantitative estimate of drug-likeness (QED) is 0.0821. The molecule has 12 N–H and O–H groups in total. The molecule has 0 spiro atoms. The Hall–Kier alpha value is -0.720. The summed E-state index contributed by atoms with van der Waals surface area (Å²) in [5.74, 6) is 0. The molecular weight excluding hydrogens is 526 g/mol. The van der Waals surface area contributed by atoms with Crippen molar-refractivity contribution in [3.8, 4) is 0 Å². The average molecular weight is 564 g/mol. The largest absolute Gasteiger partial charge is 0.394 e. The van der Waals surface area contributed by atoms with Crippen molar-refractivity contribution in [2.24, 2.45) is 5.73 Å². The molecule has 3 aliphatic rings. The Morgan fingerprint density at radius 3 is 1.63 bits per heavy atom. The van der Waals surface area contributed by atoms with Crippen molar-refractivity contribution in [2.75, 3.05) is 33.0 Å². The molecule has 0 aromatic rings. The maximum atomic E-state index is 10.6. The second kappa shape index (κ2) is 14.3. The van der Waals surface area contributed by atoms with Crippen LogP contribution in [0.1, 0.15) is 0 Å². The van der Waals surface area contributed by atoms with Crippen LogP contribution in [0.5, 0.6) is 0 Å². The molecule has 3 saturated heterocycles. The van der Waals surface area contributed by atoms with Gasteiger partial charge in [0, 0.05) is 6.54 Å². The van der Waals surface area contributed by atoms with Crippen LogP contribution in [-0.4, -0.2) is 176 Å². The van der Waals surface area contributed by atoms with E-state index in [4.69, 9.17) is 39.2 Å². The van der Waals surface area contributed by atoms with E-state index in [1.807, 2.05) is 0 Å². The van der Waals surface area contributed by atoms with Gasteiger partial charge in [0.2, 0.25) is 6.29 Å². The highest BCUT2D eigenvalue weighted by Crippen LogP contribution is 2.31. The molecule has 0 bridgehead atoms. The summed E-state index contributed by atoms with van der Waals surface area (Å²) in [7, 11) is 0. The summed E-state index contributed by atoms with van der Waals surface area (Å²) >= 11 is 0. The molecule has 3 fully saturated rings. The second-order valence-electron chi connectivity index (χ2n) is 9.03. The molecule has 0 radical (unpaired) electrons. The van der Waals surface area contributed by atoms with E-state index in [1.165, 1.54) is 0 Å². The SMILES string of the molecule is NCCO[C@H]1OC(CO)[C@H](O[C@H]2OC(CO)[C@@H](OO[C@@H]3OC(CO)[C@@H](O)C(O)C3O)C(O)C2O)C(O)C1O. The molecule has 0 aromatic carbocycles. The van der Waals surface area contributed by atoms with Gasteiger partial charge in [-0.1, -0.05) is 0 Å². The van der Waals surface area contributed by atoms with E-state index in [1.54, 1.807) is 0 Å². The van der Waals surface area contributed by atoms with Crippen LogP contribution in [0, 0.1) is 0 Å². The van der Waals surface area contributed by atoms with Gasteiger partial charge in [0.25, 0.3) is 0 Å². The number of hydrogen-bond donors (Lipinski definition) is 11. The van der Waals surface area contributed by atoms with E-state index in [9.17, 15) is 51.1 Å². The van der Waals surface area contributed by atoms with Crippen LogP contribution in [0.3, 0.4) is 0 Å². The van der Waals surface area contributed by atoms with Gasteiger partial charge in [0.15, 0.2) is 12.6 Å². The van der Waals surface area contributed by atoms with E-state index in [0.717, 1.165) is 0 Å². The van der Waals surface area contributed by atoms with Gasteiger partial charge in [0.05, 0.1) is 26.4 Å². The van der Waals surface area contributed by atoms with Gasteiger partial charge in [-0.05, 0) is 0 Å². The molecular formula is C20H37NO17. The normalized spacial score (nSPS) is 48.2. The maximum Gasteiger partial charge on any atom is 0.220 e. The zero-order chi connectivity index (χ0) is 28.1. The molecule has 0 amide bonds. The molecule has 38 heavy (non-hydrogen) atoms. The summed E-state index contributed by atoms with van der Waals surface area (Å²) in [6, 6.07) is 0. The predicted octanol–water partition coefficient (Wildman–Crippen LogP) is -7.66. The zero-order valence-corrected chi connectivity index (χ0v) is 20.1. The molecule has 9 unspecified atom stereocenters. The molecule has 0 aliphatic carbocycles. The fourth-order valence-electron chi connectivity index (χ4n) is 4.25. The van der Waals surface area contributed by atoms with Gasteiger partial charge in [-0.3, -0.25) is 0 Å². The standard InChI is InChI=1S/C20H37NO17/c21-1-2-32-18-14(30)11(27)16(7(4-23)34-18)36-19-15(31)12(28)17(8(5-24)35-19)37-38-20-13(29)10(26)9(25)6(3-22)33-20/h6-20,22-31H,1-5,21H2/t6?,7?,8?,9-,10?,11?,12?,13?,14?,15?,16+,17-,18+,19-,20+/m1/s1. The Morgan fingerprint density at radius 1 is 0.526 bits per heavy atom. The Morgan fingerprint density at radius 2 is 1.03 bits per heavy atom. The molecule has 18 nitrogen and oxygen atoms in total. The Bertz CT molecular complexity index is 702. The van der Waals surface area contributed by atoms with Crippen molar-refractivity contribution < 1.29 is 84.5 Å². The van der Waals surface area contributed by atoms with E-state index >= 15 is 0 Å². The molecule has 0 saturated carbocycles. The van der Waals surface area contributed by atoms with Crippen molar-refractivity contribution in [2.45, 2.75) is 92.1 Å². The number of ether oxygens (including phenoxy) is 5. The summed E-state index contributed by atoms with van der Waals surface area (Å²) in [5.41, 5.74) is 5.35. The zero-order valence-electron chi connectivity index (χ0n) is 20.1. The topological polar surface area (TPSA) is 293 Å². The minimum absolute atomic E-state index is 0.0144. The summed E-state index contributed by atoms with van der Waals surface area (Å²) < 4.78 is 26.7. The number of aliphatic hydroxyl groups excluding tert-OH is 10. The predicted molar refractivity (Wildman–Crippen MR) is 115 cm³/mol. The highest BCUT2D eigenvalue weighted by molar-refractivity contribution is 4.94. The highest BCUT2D eigenvalue weighted by atomic mass is 17.2. The second-order valence-corrected chi connectivity index (χ2v) is 9.03. The average Bonchev–Trinajstić information content (AvgIpc) is 2.92. The van der Waals surface area contributed by atoms with Gasteiger partial charge in [-0.2, -0.15) is 0 Å².